The van der Waals surface area contributed by atoms with Gasteiger partial charge in [-0.15, -0.1) is 0 Å². The van der Waals surface area contributed by atoms with Gasteiger partial charge >= 0.3 is 12.0 Å². The van der Waals surface area contributed by atoms with Crippen LogP contribution in [0.2, 0.25) is 0 Å². The number of likely N-dealkylation sites (tertiary alicyclic amines) is 1. The molecule has 1 aliphatic rings. The maximum atomic E-state index is 14.8. The van der Waals surface area contributed by atoms with E-state index in [1.807, 2.05) is 0 Å². The molecule has 12 heteroatoms. The first kappa shape index (κ1) is 23.1. The van der Waals surface area contributed by atoms with Crippen molar-refractivity contribution >= 4 is 23.1 Å². The Morgan fingerprint density at radius 1 is 1.14 bits per heavy atom. The highest BCUT2D eigenvalue weighted by atomic mass is 19.1. The number of rotatable bonds is 7. The van der Waals surface area contributed by atoms with Crippen molar-refractivity contribution in [3.05, 3.63) is 60.3 Å². The SMILES string of the molecule is O=C(O)[C@@H]1CCCN1C(=O)COc1ccc(-c2nc3cnc(Oc4ccccc4F)nc3o2)c(F)c1. The molecule has 1 saturated heterocycles. The lowest BCUT2D eigenvalue weighted by Gasteiger charge is -2.21. The second-order valence-electron chi connectivity index (χ2n) is 7.91. The fraction of sp³-hybridized carbons (Fsp3) is 0.208. The van der Waals surface area contributed by atoms with E-state index in [1.54, 1.807) is 6.07 Å². The Bertz CT molecular complexity index is 1460. The van der Waals surface area contributed by atoms with Gasteiger partial charge in [-0.1, -0.05) is 12.1 Å². The van der Waals surface area contributed by atoms with E-state index in [0.29, 0.717) is 19.4 Å². The minimum Gasteiger partial charge on any atom is -0.484 e. The third kappa shape index (κ3) is 4.65. The van der Waals surface area contributed by atoms with Crippen molar-refractivity contribution in [2.24, 2.45) is 0 Å². The average Bonchev–Trinajstić information content (AvgIpc) is 3.51. The van der Waals surface area contributed by atoms with Crippen molar-refractivity contribution in [2.45, 2.75) is 18.9 Å². The number of benzene rings is 2. The van der Waals surface area contributed by atoms with Gasteiger partial charge in [-0.25, -0.2) is 23.5 Å². The summed E-state index contributed by atoms with van der Waals surface area (Å²) in [6.07, 6.45) is 2.28. The summed E-state index contributed by atoms with van der Waals surface area (Å²) >= 11 is 0. The molecule has 0 saturated carbocycles. The molecule has 4 aromatic rings. The number of halogens is 2. The molecule has 0 spiro atoms. The number of para-hydroxylation sites is 1. The molecular weight excluding hydrogens is 478 g/mol. The molecule has 5 rings (SSSR count). The molecule has 10 nitrogen and oxygen atoms in total. The summed E-state index contributed by atoms with van der Waals surface area (Å²) < 4.78 is 44.9. The molecule has 0 radical (unpaired) electrons. The monoisotopic (exact) mass is 496 g/mol. The first-order chi connectivity index (χ1) is 17.4. The predicted octanol–water partition coefficient (Wildman–Crippen LogP) is 3.81. The molecule has 3 heterocycles. The quantitative estimate of drug-likeness (QED) is 0.406. The summed E-state index contributed by atoms with van der Waals surface area (Å²) in [7, 11) is 0. The van der Waals surface area contributed by atoms with Crippen LogP contribution in [0, 0.1) is 11.6 Å². The molecule has 1 aliphatic heterocycles. The van der Waals surface area contributed by atoms with Crippen molar-refractivity contribution < 1.29 is 37.4 Å². The third-order valence-corrected chi connectivity index (χ3v) is 5.56. The molecule has 2 aromatic heterocycles. The van der Waals surface area contributed by atoms with Crippen molar-refractivity contribution in [3.8, 4) is 29.0 Å². The number of hydrogen-bond donors (Lipinski definition) is 1. The minimum absolute atomic E-state index is 0.00809. The molecule has 1 atom stereocenters. The van der Waals surface area contributed by atoms with Gasteiger partial charge in [-0.3, -0.25) is 4.79 Å². The third-order valence-electron chi connectivity index (χ3n) is 5.56. The lowest BCUT2D eigenvalue weighted by molar-refractivity contribution is -0.148. The van der Waals surface area contributed by atoms with Gasteiger partial charge in [0.05, 0.1) is 11.8 Å². The van der Waals surface area contributed by atoms with Crippen molar-refractivity contribution in [1.29, 1.82) is 0 Å². The number of carbonyl (C=O) groups is 2. The summed E-state index contributed by atoms with van der Waals surface area (Å²) in [5.41, 5.74) is 0.249. The lowest BCUT2D eigenvalue weighted by Crippen LogP contribution is -2.42. The van der Waals surface area contributed by atoms with Crippen LogP contribution in [0.5, 0.6) is 17.5 Å². The van der Waals surface area contributed by atoms with Crippen LogP contribution < -0.4 is 9.47 Å². The standard InChI is InChI=1S/C24H18F2N4O6/c25-15-4-1-2-6-19(15)35-24-27-11-17-22(29-24)36-21(28-17)14-8-7-13(10-16(14)26)34-12-20(31)30-9-3-5-18(30)23(32)33/h1-2,4,6-8,10-11,18H,3,5,9,12H2,(H,32,33)/t18-/m0/s1. The topological polar surface area (TPSA) is 128 Å². The van der Waals surface area contributed by atoms with Gasteiger partial charge in [0, 0.05) is 12.6 Å². The van der Waals surface area contributed by atoms with Gasteiger partial charge < -0.3 is 23.9 Å². The van der Waals surface area contributed by atoms with Crippen LogP contribution in [0.3, 0.4) is 0 Å². The van der Waals surface area contributed by atoms with E-state index in [0.717, 1.165) is 6.07 Å². The van der Waals surface area contributed by atoms with E-state index in [2.05, 4.69) is 15.0 Å². The number of fused-ring (bicyclic) bond motifs is 1. The summed E-state index contributed by atoms with van der Waals surface area (Å²) in [6, 6.07) is 8.55. The number of amides is 1. The van der Waals surface area contributed by atoms with Gasteiger partial charge in [0.1, 0.15) is 23.1 Å². The Hall–Kier alpha value is -4.61. The predicted molar refractivity (Wildman–Crippen MR) is 119 cm³/mol. The van der Waals surface area contributed by atoms with E-state index >= 15 is 0 Å². The van der Waals surface area contributed by atoms with E-state index in [-0.39, 0.29) is 40.2 Å². The van der Waals surface area contributed by atoms with Gasteiger partial charge in [0.25, 0.3) is 11.6 Å². The van der Waals surface area contributed by atoms with Gasteiger partial charge in [-0.2, -0.15) is 4.98 Å². The van der Waals surface area contributed by atoms with Gasteiger partial charge in [0.2, 0.25) is 5.89 Å². The molecule has 2 aromatic carbocycles. The largest absolute Gasteiger partial charge is 0.484 e. The highest BCUT2D eigenvalue weighted by Crippen LogP contribution is 2.29. The van der Waals surface area contributed by atoms with Crippen LogP contribution in [0.25, 0.3) is 22.7 Å². The number of hydrogen-bond acceptors (Lipinski definition) is 8. The zero-order valence-electron chi connectivity index (χ0n) is 18.6. The zero-order valence-corrected chi connectivity index (χ0v) is 18.6. The fourth-order valence-corrected chi connectivity index (χ4v) is 3.82. The smallest absolute Gasteiger partial charge is 0.326 e. The highest BCUT2D eigenvalue weighted by Gasteiger charge is 2.34. The average molecular weight is 496 g/mol. The summed E-state index contributed by atoms with van der Waals surface area (Å²) in [6.45, 7) is -0.0913. The molecule has 0 unspecified atom stereocenters. The normalized spacial score (nSPS) is 15.3. The number of aliphatic carboxylic acids is 1. The van der Waals surface area contributed by atoms with E-state index in [1.165, 1.54) is 41.4 Å². The van der Waals surface area contributed by atoms with Crippen LogP contribution >= 0.6 is 0 Å². The number of carbonyl (C=O) groups excluding carboxylic acids is 1. The number of oxazole rings is 1. The van der Waals surface area contributed by atoms with Gasteiger partial charge in [-0.05, 0) is 37.1 Å². The van der Waals surface area contributed by atoms with Gasteiger partial charge in [0.15, 0.2) is 18.2 Å². The van der Waals surface area contributed by atoms with Crippen molar-refractivity contribution in [1.82, 2.24) is 19.9 Å². The van der Waals surface area contributed by atoms with Crippen LogP contribution in [-0.4, -0.2) is 56.0 Å². The van der Waals surface area contributed by atoms with Crippen LogP contribution in [-0.2, 0) is 9.59 Å². The highest BCUT2D eigenvalue weighted by molar-refractivity contribution is 5.85. The molecule has 36 heavy (non-hydrogen) atoms. The Kier molecular flexibility index (Phi) is 6.15. The maximum absolute atomic E-state index is 14.8. The first-order valence-corrected chi connectivity index (χ1v) is 10.9. The number of carboxylic acids is 1. The Morgan fingerprint density at radius 3 is 2.75 bits per heavy atom. The summed E-state index contributed by atoms with van der Waals surface area (Å²) in [5.74, 6) is -2.95. The molecule has 1 amide bonds. The van der Waals surface area contributed by atoms with Crippen molar-refractivity contribution in [2.75, 3.05) is 13.2 Å². The first-order valence-electron chi connectivity index (χ1n) is 10.9. The molecular formula is C24H18F2N4O6. The Morgan fingerprint density at radius 2 is 1.97 bits per heavy atom. The molecule has 1 fully saturated rings. The molecule has 1 N–H and O–H groups in total. The second kappa shape index (κ2) is 9.56. The summed E-state index contributed by atoms with van der Waals surface area (Å²) in [4.78, 5) is 37.0. The van der Waals surface area contributed by atoms with Crippen LogP contribution in [0.4, 0.5) is 8.78 Å². The van der Waals surface area contributed by atoms with Crippen molar-refractivity contribution in [3.63, 3.8) is 0 Å². The van der Waals surface area contributed by atoms with Crippen LogP contribution in [0.15, 0.2) is 53.1 Å². The van der Waals surface area contributed by atoms with E-state index in [4.69, 9.17) is 13.9 Å². The number of ether oxygens (including phenoxy) is 2. The Balaban J connectivity index is 1.29. The number of carboxylic acid groups (broad SMARTS) is 1. The number of aromatic nitrogens is 3. The zero-order chi connectivity index (χ0) is 25.2. The lowest BCUT2D eigenvalue weighted by atomic mass is 10.2. The molecule has 0 aliphatic carbocycles. The fourth-order valence-electron chi connectivity index (χ4n) is 3.82. The van der Waals surface area contributed by atoms with Crippen LogP contribution in [0.1, 0.15) is 12.8 Å². The second-order valence-corrected chi connectivity index (χ2v) is 7.91. The molecule has 0 bridgehead atoms. The Labute approximate surface area is 202 Å². The maximum Gasteiger partial charge on any atom is 0.326 e. The molecule has 184 valence electrons. The van der Waals surface area contributed by atoms with E-state index in [9.17, 15) is 23.5 Å². The minimum atomic E-state index is -1.06. The van der Waals surface area contributed by atoms with E-state index < -0.39 is 36.2 Å². The summed E-state index contributed by atoms with van der Waals surface area (Å²) in [5, 5.41) is 9.21. The number of nitrogens with zero attached hydrogens (tertiary/aromatic N) is 4.